The van der Waals surface area contributed by atoms with E-state index in [9.17, 15) is 0 Å². The zero-order chi connectivity index (χ0) is 44.9. The van der Waals surface area contributed by atoms with E-state index in [1.807, 2.05) is 0 Å². The molecular formula is C65H49NSi. The summed E-state index contributed by atoms with van der Waals surface area (Å²) in [4.78, 5) is 2.50. The lowest BCUT2D eigenvalue weighted by Crippen LogP contribution is -2.72. The molecule has 3 aliphatic rings. The van der Waals surface area contributed by atoms with Crippen molar-refractivity contribution in [1.82, 2.24) is 0 Å². The molecule has 0 spiro atoms. The van der Waals surface area contributed by atoms with Crippen LogP contribution in [0.4, 0.5) is 17.1 Å². The van der Waals surface area contributed by atoms with Gasteiger partial charge in [0, 0.05) is 27.9 Å². The van der Waals surface area contributed by atoms with E-state index in [0.29, 0.717) is 0 Å². The highest BCUT2D eigenvalue weighted by Gasteiger charge is 2.49. The van der Waals surface area contributed by atoms with Crippen molar-refractivity contribution in [1.29, 1.82) is 0 Å². The summed E-state index contributed by atoms with van der Waals surface area (Å²) in [5, 5.41) is 5.68. The Balaban J connectivity index is 0.979. The molecule has 0 amide bonds. The molecule has 13 rings (SSSR count). The Kier molecular flexibility index (Phi) is 8.78. The molecule has 67 heavy (non-hydrogen) atoms. The van der Waals surface area contributed by atoms with Crippen LogP contribution in [-0.4, -0.2) is 8.07 Å². The van der Waals surface area contributed by atoms with Gasteiger partial charge in [-0.25, -0.2) is 0 Å². The molecule has 1 nitrogen and oxygen atoms in total. The van der Waals surface area contributed by atoms with Crippen molar-refractivity contribution in [3.8, 4) is 44.5 Å². The normalized spacial score (nSPS) is 16.3. The third-order valence-electron chi connectivity index (χ3n) is 15.6. The van der Waals surface area contributed by atoms with E-state index in [1.165, 1.54) is 93.1 Å². The number of fused-ring (bicyclic) bond motifs is 9. The molecule has 0 bridgehead atoms. The van der Waals surface area contributed by atoms with Crippen LogP contribution in [0.25, 0.3) is 44.5 Å². The lowest BCUT2D eigenvalue weighted by atomic mass is 9.74. The van der Waals surface area contributed by atoms with Crippen molar-refractivity contribution >= 4 is 45.9 Å². The summed E-state index contributed by atoms with van der Waals surface area (Å²) < 4.78 is 0. The molecule has 0 aromatic heterocycles. The highest BCUT2D eigenvalue weighted by atomic mass is 28.3. The summed E-state index contributed by atoms with van der Waals surface area (Å²) in [5.41, 5.74) is 20.2. The van der Waals surface area contributed by atoms with Gasteiger partial charge < -0.3 is 4.90 Å². The van der Waals surface area contributed by atoms with Crippen LogP contribution in [0.15, 0.2) is 243 Å². The molecule has 10 aromatic rings. The van der Waals surface area contributed by atoms with E-state index in [-0.39, 0.29) is 10.8 Å². The summed E-state index contributed by atoms with van der Waals surface area (Å²) in [6.07, 6.45) is 0. The van der Waals surface area contributed by atoms with Gasteiger partial charge in [0.25, 0.3) is 0 Å². The van der Waals surface area contributed by atoms with Crippen molar-refractivity contribution in [2.24, 2.45) is 0 Å². The van der Waals surface area contributed by atoms with Crippen LogP contribution < -0.4 is 25.6 Å². The molecule has 1 heterocycles. The maximum Gasteiger partial charge on any atom is 0.180 e. The number of benzene rings is 10. The molecule has 1 unspecified atom stereocenters. The number of nitrogens with zero attached hydrogens (tertiary/aromatic N) is 1. The van der Waals surface area contributed by atoms with Crippen molar-refractivity contribution in [3.63, 3.8) is 0 Å². The van der Waals surface area contributed by atoms with Gasteiger partial charge in [0.2, 0.25) is 0 Å². The van der Waals surface area contributed by atoms with Gasteiger partial charge in [-0.2, -0.15) is 0 Å². The monoisotopic (exact) mass is 871 g/mol. The van der Waals surface area contributed by atoms with E-state index in [1.54, 1.807) is 0 Å². The number of anilines is 3. The van der Waals surface area contributed by atoms with E-state index in [0.717, 1.165) is 17.1 Å². The Morgan fingerprint density at radius 3 is 1.51 bits per heavy atom. The van der Waals surface area contributed by atoms with Gasteiger partial charge in [0.05, 0.1) is 0 Å². The van der Waals surface area contributed by atoms with Crippen molar-refractivity contribution < 1.29 is 0 Å². The molecule has 2 aliphatic carbocycles. The largest absolute Gasteiger partial charge is 0.310 e. The first kappa shape index (κ1) is 39.6. The van der Waals surface area contributed by atoms with Gasteiger partial charge in [-0.1, -0.05) is 214 Å². The van der Waals surface area contributed by atoms with E-state index in [4.69, 9.17) is 0 Å². The summed E-state index contributed by atoms with van der Waals surface area (Å²) in [6.45, 7) is 7.16. The fraction of sp³-hybridized carbons (Fsp3) is 0.0769. The molecular weight excluding hydrogens is 823 g/mol. The molecule has 0 fully saturated rings. The standard InChI is InChI=1S/C65H49NSi/c1-64(2)58-29-14-10-25-52(58)54-40-38-49(43-60(54)64)66(48-21-18-24-51(42-48)67(50-22-8-5-9-23-50)62-31-16-12-27-56(62)57-28-13-17-32-63(57)67)47-36-33-44(34-37-47)45-35-39-55-53-26-11-15-30-59(53)65(3,61(55)41-45)46-19-6-4-7-20-46/h4-43H,1-3H3. The maximum atomic E-state index is 2.52. The average molecular weight is 872 g/mol. The lowest BCUT2D eigenvalue weighted by Gasteiger charge is -2.33. The minimum absolute atomic E-state index is 0.137. The molecule has 0 saturated heterocycles. The Morgan fingerprint density at radius 2 is 0.806 bits per heavy atom. The van der Waals surface area contributed by atoms with Crippen molar-refractivity contribution in [3.05, 3.63) is 270 Å². The number of hydrogen-bond donors (Lipinski definition) is 0. The van der Waals surface area contributed by atoms with Crippen LogP contribution in [0.2, 0.25) is 0 Å². The predicted molar refractivity (Wildman–Crippen MR) is 284 cm³/mol. The summed E-state index contributed by atoms with van der Waals surface area (Å²) in [6, 6.07) is 91.7. The quantitative estimate of drug-likeness (QED) is 0.144. The molecule has 0 saturated carbocycles. The minimum atomic E-state index is -2.74. The Bertz CT molecular complexity index is 3520. The smallest absolute Gasteiger partial charge is 0.180 e. The van der Waals surface area contributed by atoms with Crippen LogP contribution in [0.3, 0.4) is 0 Å². The zero-order valence-corrected chi connectivity index (χ0v) is 39.0. The SMILES string of the molecule is CC1(C)c2ccccc2-c2ccc(N(c3ccc(-c4ccc5c(c4)C(C)(c4ccccc4)c4ccccc4-5)cc3)c3cccc([Si]4(c5ccccc5)c5ccccc5-c5ccccc54)c3)cc21. The first-order valence-electron chi connectivity index (χ1n) is 23.7. The molecule has 2 heteroatoms. The van der Waals surface area contributed by atoms with Crippen LogP contribution >= 0.6 is 0 Å². The van der Waals surface area contributed by atoms with Gasteiger partial charge >= 0.3 is 0 Å². The second kappa shape index (κ2) is 14.9. The fourth-order valence-corrected chi connectivity index (χ4v) is 17.6. The van der Waals surface area contributed by atoms with Crippen LogP contribution in [0, 0.1) is 0 Å². The molecule has 0 radical (unpaired) electrons. The third kappa shape index (κ3) is 5.66. The van der Waals surface area contributed by atoms with Crippen LogP contribution in [0.1, 0.15) is 48.6 Å². The highest BCUT2D eigenvalue weighted by molar-refractivity contribution is 7.22. The molecule has 0 N–H and O–H groups in total. The summed E-state index contributed by atoms with van der Waals surface area (Å²) >= 11 is 0. The zero-order valence-electron chi connectivity index (χ0n) is 38.0. The fourth-order valence-electron chi connectivity index (χ4n) is 12.4. The van der Waals surface area contributed by atoms with E-state index < -0.39 is 8.07 Å². The van der Waals surface area contributed by atoms with Gasteiger partial charge in [-0.3, -0.25) is 0 Å². The first-order chi connectivity index (χ1) is 32.9. The van der Waals surface area contributed by atoms with Gasteiger partial charge in [-0.05, 0) is 142 Å². The lowest BCUT2D eigenvalue weighted by molar-refractivity contribution is 0.660. The van der Waals surface area contributed by atoms with Crippen molar-refractivity contribution in [2.45, 2.75) is 31.6 Å². The van der Waals surface area contributed by atoms with Gasteiger partial charge in [0.15, 0.2) is 8.07 Å². The molecule has 10 aromatic carbocycles. The second-order valence-electron chi connectivity index (χ2n) is 19.3. The Hall–Kier alpha value is -7.78. The maximum absolute atomic E-state index is 2.74. The molecule has 318 valence electrons. The van der Waals surface area contributed by atoms with Crippen LogP contribution in [-0.2, 0) is 10.8 Å². The summed E-state index contributed by atoms with van der Waals surface area (Å²) in [7, 11) is -2.74. The molecule has 1 aliphatic heterocycles. The molecule has 1 atom stereocenters. The van der Waals surface area contributed by atoms with E-state index >= 15 is 0 Å². The summed E-state index contributed by atoms with van der Waals surface area (Å²) in [5.74, 6) is 0. The topological polar surface area (TPSA) is 3.24 Å². The van der Waals surface area contributed by atoms with Crippen LogP contribution in [0.5, 0.6) is 0 Å². The second-order valence-corrected chi connectivity index (χ2v) is 23.1. The van der Waals surface area contributed by atoms with Gasteiger partial charge in [0.1, 0.15) is 0 Å². The number of rotatable bonds is 7. The number of hydrogen-bond acceptors (Lipinski definition) is 1. The third-order valence-corrected chi connectivity index (χ3v) is 20.5. The Morgan fingerprint density at radius 1 is 0.313 bits per heavy atom. The van der Waals surface area contributed by atoms with E-state index in [2.05, 4.69) is 268 Å². The first-order valence-corrected chi connectivity index (χ1v) is 25.7. The van der Waals surface area contributed by atoms with Gasteiger partial charge in [-0.15, -0.1) is 0 Å². The minimum Gasteiger partial charge on any atom is -0.310 e. The Labute approximate surface area is 395 Å². The van der Waals surface area contributed by atoms with Crippen molar-refractivity contribution in [2.75, 3.05) is 4.90 Å². The average Bonchev–Trinajstić information content (AvgIpc) is 3.93. The highest BCUT2D eigenvalue weighted by Crippen LogP contribution is 2.54. The predicted octanol–water partition coefficient (Wildman–Crippen LogP) is 13.8.